The molecular weight excluding hydrogens is 325 g/mol. The van der Waals surface area contributed by atoms with E-state index in [1.54, 1.807) is 24.3 Å². The summed E-state index contributed by atoms with van der Waals surface area (Å²) >= 11 is 0. The molecule has 6 nitrogen and oxygen atoms in total. The zero-order valence-electron chi connectivity index (χ0n) is 13.5. The van der Waals surface area contributed by atoms with Crippen molar-refractivity contribution in [3.8, 4) is 6.08 Å². The second-order valence-corrected chi connectivity index (χ2v) is 5.45. The highest BCUT2D eigenvalue weighted by Gasteiger charge is 2.09. The van der Waals surface area contributed by atoms with Crippen LogP contribution in [0.3, 0.4) is 0 Å². The SMILES string of the molecule is CC(=O)Nc1cccc(COc2nc(Cc3ccc(F)cc3)no2)c1. The second-order valence-electron chi connectivity index (χ2n) is 5.45. The van der Waals surface area contributed by atoms with Gasteiger partial charge >= 0.3 is 6.08 Å². The summed E-state index contributed by atoms with van der Waals surface area (Å²) in [6.45, 7) is 1.68. The number of nitrogens with one attached hydrogen (secondary N) is 1. The van der Waals surface area contributed by atoms with Crippen molar-refractivity contribution in [2.24, 2.45) is 0 Å². The molecule has 0 saturated heterocycles. The van der Waals surface area contributed by atoms with Crippen LogP contribution in [-0.4, -0.2) is 16.0 Å². The first-order valence-corrected chi connectivity index (χ1v) is 7.65. The molecule has 0 aliphatic heterocycles. The summed E-state index contributed by atoms with van der Waals surface area (Å²) < 4.78 is 23.4. The van der Waals surface area contributed by atoms with Crippen LogP contribution in [0, 0.1) is 5.82 Å². The van der Waals surface area contributed by atoms with E-state index in [2.05, 4.69) is 15.5 Å². The summed E-state index contributed by atoms with van der Waals surface area (Å²) in [4.78, 5) is 15.2. The molecule has 0 spiro atoms. The Labute approximate surface area is 143 Å². The molecule has 0 unspecified atom stereocenters. The Morgan fingerprint density at radius 1 is 1.20 bits per heavy atom. The van der Waals surface area contributed by atoms with Gasteiger partial charge in [0.2, 0.25) is 5.91 Å². The lowest BCUT2D eigenvalue weighted by molar-refractivity contribution is -0.114. The molecule has 0 bridgehead atoms. The highest BCUT2D eigenvalue weighted by molar-refractivity contribution is 5.88. The number of carbonyl (C=O) groups excluding carboxylic acids is 1. The minimum Gasteiger partial charge on any atom is -0.444 e. The van der Waals surface area contributed by atoms with Crippen molar-refractivity contribution in [1.29, 1.82) is 0 Å². The second kappa shape index (κ2) is 7.57. The predicted molar refractivity (Wildman–Crippen MR) is 88.6 cm³/mol. The Hall–Kier alpha value is -3.22. The monoisotopic (exact) mass is 341 g/mol. The fourth-order valence-corrected chi connectivity index (χ4v) is 2.24. The van der Waals surface area contributed by atoms with Gasteiger partial charge < -0.3 is 10.1 Å². The number of anilines is 1. The number of hydrogen-bond acceptors (Lipinski definition) is 5. The summed E-state index contributed by atoms with van der Waals surface area (Å²) in [5.41, 5.74) is 2.41. The molecule has 3 rings (SSSR count). The first-order chi connectivity index (χ1) is 12.1. The number of ether oxygens (including phenoxy) is 1. The quantitative estimate of drug-likeness (QED) is 0.744. The van der Waals surface area contributed by atoms with Gasteiger partial charge in [0, 0.05) is 19.0 Å². The molecule has 0 saturated carbocycles. The smallest absolute Gasteiger partial charge is 0.417 e. The highest BCUT2D eigenvalue weighted by atomic mass is 19.1. The third-order valence-electron chi connectivity index (χ3n) is 3.33. The molecule has 7 heteroatoms. The van der Waals surface area contributed by atoms with E-state index in [-0.39, 0.29) is 24.4 Å². The van der Waals surface area contributed by atoms with E-state index in [0.717, 1.165) is 11.1 Å². The Balaban J connectivity index is 1.58. The van der Waals surface area contributed by atoms with Crippen LogP contribution in [0.25, 0.3) is 0 Å². The van der Waals surface area contributed by atoms with Crippen molar-refractivity contribution in [2.75, 3.05) is 5.32 Å². The van der Waals surface area contributed by atoms with E-state index >= 15 is 0 Å². The maximum absolute atomic E-state index is 12.9. The third-order valence-corrected chi connectivity index (χ3v) is 3.33. The summed E-state index contributed by atoms with van der Waals surface area (Å²) in [7, 11) is 0. The molecule has 1 heterocycles. The molecule has 0 atom stereocenters. The van der Waals surface area contributed by atoms with Gasteiger partial charge in [0.25, 0.3) is 0 Å². The largest absolute Gasteiger partial charge is 0.444 e. The summed E-state index contributed by atoms with van der Waals surface area (Å²) in [6, 6.07) is 13.4. The minimum absolute atomic E-state index is 0.0574. The van der Waals surface area contributed by atoms with Crippen molar-refractivity contribution in [3.05, 3.63) is 71.3 Å². The van der Waals surface area contributed by atoms with Crippen LogP contribution in [0.2, 0.25) is 0 Å². The number of aromatic nitrogens is 2. The van der Waals surface area contributed by atoms with Crippen LogP contribution >= 0.6 is 0 Å². The zero-order chi connectivity index (χ0) is 17.6. The molecular formula is C18H16FN3O3. The van der Waals surface area contributed by atoms with Gasteiger partial charge in [0.15, 0.2) is 5.82 Å². The molecule has 1 amide bonds. The minimum atomic E-state index is -0.289. The van der Waals surface area contributed by atoms with E-state index in [1.807, 2.05) is 12.1 Å². The van der Waals surface area contributed by atoms with Gasteiger partial charge in [-0.3, -0.25) is 9.32 Å². The normalized spacial score (nSPS) is 10.5. The summed E-state index contributed by atoms with van der Waals surface area (Å²) in [6.07, 6.45) is 0.479. The lowest BCUT2D eigenvalue weighted by Gasteiger charge is -2.05. The molecule has 0 aliphatic rings. The van der Waals surface area contributed by atoms with Crippen molar-refractivity contribution < 1.29 is 18.4 Å². The number of rotatable bonds is 6. The lowest BCUT2D eigenvalue weighted by atomic mass is 10.1. The summed E-state index contributed by atoms with van der Waals surface area (Å²) in [5, 5.41) is 6.55. The lowest BCUT2D eigenvalue weighted by Crippen LogP contribution is -2.06. The number of benzene rings is 2. The molecule has 0 fully saturated rings. The fourth-order valence-electron chi connectivity index (χ4n) is 2.24. The molecule has 1 N–H and O–H groups in total. The molecule has 1 aromatic heterocycles. The first-order valence-electron chi connectivity index (χ1n) is 7.65. The van der Waals surface area contributed by atoms with E-state index in [0.29, 0.717) is 17.9 Å². The molecule has 128 valence electrons. The van der Waals surface area contributed by atoms with Gasteiger partial charge in [-0.15, -0.1) is 0 Å². The zero-order valence-corrected chi connectivity index (χ0v) is 13.5. The maximum Gasteiger partial charge on any atom is 0.417 e. The van der Waals surface area contributed by atoms with E-state index in [1.165, 1.54) is 19.1 Å². The standard InChI is InChI=1S/C18H16FN3O3/c1-12(23)20-16-4-2-3-14(9-16)11-24-18-21-17(22-25-18)10-13-5-7-15(19)8-6-13/h2-9H,10-11H2,1H3,(H,20,23). The maximum atomic E-state index is 12.9. The molecule has 0 aliphatic carbocycles. The van der Waals surface area contributed by atoms with Crippen LogP contribution in [0.15, 0.2) is 53.1 Å². The van der Waals surface area contributed by atoms with Gasteiger partial charge in [-0.05, 0) is 35.4 Å². The van der Waals surface area contributed by atoms with Crippen molar-refractivity contribution in [1.82, 2.24) is 10.1 Å². The Morgan fingerprint density at radius 2 is 2.00 bits per heavy atom. The highest BCUT2D eigenvalue weighted by Crippen LogP contribution is 2.15. The number of carbonyl (C=O) groups is 1. The first kappa shape index (κ1) is 16.6. The topological polar surface area (TPSA) is 77.2 Å². The third kappa shape index (κ3) is 4.87. The molecule has 3 aromatic rings. The summed E-state index contributed by atoms with van der Waals surface area (Å²) in [5.74, 6) is 0.0244. The van der Waals surface area contributed by atoms with E-state index in [4.69, 9.17) is 9.26 Å². The Kier molecular flexibility index (Phi) is 5.03. The number of nitrogens with zero attached hydrogens (tertiary/aromatic N) is 2. The number of hydrogen-bond donors (Lipinski definition) is 1. The van der Waals surface area contributed by atoms with Crippen molar-refractivity contribution in [2.45, 2.75) is 20.0 Å². The molecule has 0 radical (unpaired) electrons. The average molecular weight is 341 g/mol. The Bertz CT molecular complexity index is 862. The van der Waals surface area contributed by atoms with Crippen LogP contribution in [0.5, 0.6) is 6.08 Å². The van der Waals surface area contributed by atoms with Gasteiger partial charge in [0.1, 0.15) is 12.4 Å². The molecule has 25 heavy (non-hydrogen) atoms. The van der Waals surface area contributed by atoms with E-state index in [9.17, 15) is 9.18 Å². The van der Waals surface area contributed by atoms with Gasteiger partial charge in [0.05, 0.1) is 0 Å². The van der Waals surface area contributed by atoms with Crippen molar-refractivity contribution >= 4 is 11.6 Å². The number of amides is 1. The van der Waals surface area contributed by atoms with Crippen LogP contribution in [0.4, 0.5) is 10.1 Å². The van der Waals surface area contributed by atoms with Gasteiger partial charge in [-0.2, -0.15) is 4.98 Å². The average Bonchev–Trinajstić information content (AvgIpc) is 3.02. The van der Waals surface area contributed by atoms with Gasteiger partial charge in [-0.25, -0.2) is 4.39 Å². The van der Waals surface area contributed by atoms with Crippen LogP contribution in [0.1, 0.15) is 23.9 Å². The van der Waals surface area contributed by atoms with Crippen LogP contribution in [-0.2, 0) is 17.8 Å². The predicted octanol–water partition coefficient (Wildman–Crippen LogP) is 3.34. The number of halogens is 1. The van der Waals surface area contributed by atoms with E-state index < -0.39 is 0 Å². The fraction of sp³-hybridized carbons (Fsp3) is 0.167. The van der Waals surface area contributed by atoms with Gasteiger partial charge in [-0.1, -0.05) is 29.4 Å². The van der Waals surface area contributed by atoms with Crippen LogP contribution < -0.4 is 10.1 Å². The molecule has 2 aromatic carbocycles. The van der Waals surface area contributed by atoms with Crippen molar-refractivity contribution in [3.63, 3.8) is 0 Å². The Morgan fingerprint density at radius 3 is 2.76 bits per heavy atom.